The van der Waals surface area contributed by atoms with E-state index in [0.29, 0.717) is 45.9 Å². The van der Waals surface area contributed by atoms with Crippen LogP contribution in [0.1, 0.15) is 44.2 Å². The number of amides is 3. The van der Waals surface area contributed by atoms with Gasteiger partial charge in [-0.2, -0.15) is 0 Å². The van der Waals surface area contributed by atoms with E-state index < -0.39 is 0 Å². The molecule has 0 unspecified atom stereocenters. The summed E-state index contributed by atoms with van der Waals surface area (Å²) in [6.45, 7) is 5.55. The summed E-state index contributed by atoms with van der Waals surface area (Å²) in [6, 6.07) is 5.91. The van der Waals surface area contributed by atoms with E-state index >= 15 is 0 Å². The average molecular weight is 415 g/mol. The minimum atomic E-state index is -0.0124. The van der Waals surface area contributed by atoms with Gasteiger partial charge >= 0.3 is 0 Å². The van der Waals surface area contributed by atoms with Gasteiger partial charge in [0, 0.05) is 52.5 Å². The molecule has 0 saturated carbocycles. The van der Waals surface area contributed by atoms with E-state index in [1.54, 1.807) is 16.7 Å². The smallest absolute Gasteiger partial charge is 0.223 e. The van der Waals surface area contributed by atoms with Crippen LogP contribution in [-0.4, -0.2) is 78.4 Å². The number of nitrogens with zero attached hydrogens (tertiary/aromatic N) is 3. The number of rotatable bonds is 4. The predicted molar refractivity (Wildman–Crippen MR) is 109 cm³/mol. The first kappa shape index (κ1) is 20.5. The molecule has 162 valence electrons. The molecule has 2 saturated heterocycles. The number of ether oxygens (including phenoxy) is 2. The summed E-state index contributed by atoms with van der Waals surface area (Å²) in [7, 11) is 0. The van der Waals surface area contributed by atoms with Crippen molar-refractivity contribution in [2.24, 2.45) is 0 Å². The molecule has 4 rings (SSSR count). The zero-order valence-electron chi connectivity index (χ0n) is 17.5. The lowest BCUT2D eigenvalue weighted by Gasteiger charge is -2.34. The fraction of sp³-hybridized carbons (Fsp3) is 0.591. The molecule has 3 amide bonds. The summed E-state index contributed by atoms with van der Waals surface area (Å²) in [5.41, 5.74) is 1.05. The van der Waals surface area contributed by atoms with E-state index in [1.807, 2.05) is 23.1 Å². The molecule has 0 aliphatic carbocycles. The van der Waals surface area contributed by atoms with Crippen molar-refractivity contribution in [3.05, 3.63) is 23.8 Å². The molecule has 30 heavy (non-hydrogen) atoms. The first-order chi connectivity index (χ1) is 14.5. The molecule has 8 heteroatoms. The van der Waals surface area contributed by atoms with Gasteiger partial charge in [0.2, 0.25) is 17.7 Å². The summed E-state index contributed by atoms with van der Waals surface area (Å²) in [5.74, 6) is 1.52. The topological polar surface area (TPSA) is 79.4 Å². The Bertz CT molecular complexity index is 819. The van der Waals surface area contributed by atoms with E-state index in [4.69, 9.17) is 9.47 Å². The normalized spacial score (nSPS) is 21.0. The zero-order valence-corrected chi connectivity index (χ0v) is 17.5. The Balaban J connectivity index is 1.32. The number of benzene rings is 1. The lowest BCUT2D eigenvalue weighted by Crippen LogP contribution is -2.50. The second-order valence-electron chi connectivity index (χ2n) is 8.04. The maximum absolute atomic E-state index is 12.9. The molecular formula is C22H29N3O5. The van der Waals surface area contributed by atoms with Gasteiger partial charge in [-0.05, 0) is 30.5 Å². The Labute approximate surface area is 176 Å². The van der Waals surface area contributed by atoms with E-state index in [2.05, 4.69) is 0 Å². The van der Waals surface area contributed by atoms with Gasteiger partial charge < -0.3 is 24.2 Å². The molecule has 3 aliphatic heterocycles. The Kier molecular flexibility index (Phi) is 6.11. The minimum absolute atomic E-state index is 0.0124. The molecule has 3 heterocycles. The van der Waals surface area contributed by atoms with Gasteiger partial charge in [0.1, 0.15) is 13.2 Å². The van der Waals surface area contributed by atoms with E-state index in [0.717, 1.165) is 29.9 Å². The van der Waals surface area contributed by atoms with Gasteiger partial charge in [-0.1, -0.05) is 6.07 Å². The summed E-state index contributed by atoms with van der Waals surface area (Å²) in [5, 5.41) is 0. The van der Waals surface area contributed by atoms with Crippen molar-refractivity contribution in [3.8, 4) is 11.5 Å². The van der Waals surface area contributed by atoms with Crippen LogP contribution < -0.4 is 9.47 Å². The quantitative estimate of drug-likeness (QED) is 0.746. The number of likely N-dealkylation sites (tertiary alicyclic amines) is 1. The van der Waals surface area contributed by atoms with Crippen LogP contribution in [0.4, 0.5) is 0 Å². The standard InChI is InChI=1S/C22H29N3O5/c1-16(26)23-9-11-24(12-10-23)21(27)6-7-22(28)25-8-2-3-18(25)17-4-5-19-20(15-17)30-14-13-29-19/h4-5,15,18H,2-3,6-14H2,1H3/t18-/m0/s1. The van der Waals surface area contributed by atoms with Crippen LogP contribution in [0.2, 0.25) is 0 Å². The lowest BCUT2D eigenvalue weighted by molar-refractivity contribution is -0.140. The third kappa shape index (κ3) is 4.37. The molecule has 1 aromatic rings. The number of hydrogen-bond donors (Lipinski definition) is 0. The van der Waals surface area contributed by atoms with Crippen LogP contribution in [0.15, 0.2) is 18.2 Å². The largest absolute Gasteiger partial charge is 0.486 e. The highest BCUT2D eigenvalue weighted by atomic mass is 16.6. The van der Waals surface area contributed by atoms with Crippen LogP contribution >= 0.6 is 0 Å². The highest BCUT2D eigenvalue weighted by Crippen LogP contribution is 2.38. The molecule has 0 spiro atoms. The first-order valence-corrected chi connectivity index (χ1v) is 10.8. The van der Waals surface area contributed by atoms with Gasteiger partial charge in [-0.15, -0.1) is 0 Å². The van der Waals surface area contributed by atoms with E-state index in [1.165, 1.54) is 0 Å². The molecule has 1 atom stereocenters. The Morgan fingerprint density at radius 2 is 1.57 bits per heavy atom. The van der Waals surface area contributed by atoms with E-state index in [9.17, 15) is 14.4 Å². The first-order valence-electron chi connectivity index (χ1n) is 10.8. The fourth-order valence-corrected chi connectivity index (χ4v) is 4.47. The molecule has 1 aromatic carbocycles. The van der Waals surface area contributed by atoms with Crippen molar-refractivity contribution < 1.29 is 23.9 Å². The maximum atomic E-state index is 12.9. The lowest BCUT2D eigenvalue weighted by atomic mass is 10.0. The number of hydrogen-bond acceptors (Lipinski definition) is 5. The molecular weight excluding hydrogens is 386 g/mol. The predicted octanol–water partition coefficient (Wildman–Crippen LogP) is 1.59. The SMILES string of the molecule is CC(=O)N1CCN(C(=O)CCC(=O)N2CCC[C@H]2c2ccc3c(c2)OCCO3)CC1. The van der Waals surface area contributed by atoms with Gasteiger partial charge in [-0.25, -0.2) is 0 Å². The van der Waals surface area contributed by atoms with Crippen molar-refractivity contribution in [1.82, 2.24) is 14.7 Å². The highest BCUT2D eigenvalue weighted by molar-refractivity contribution is 5.84. The number of carbonyl (C=O) groups is 3. The third-order valence-electron chi connectivity index (χ3n) is 6.15. The molecule has 2 fully saturated rings. The second kappa shape index (κ2) is 8.93. The van der Waals surface area contributed by atoms with Crippen molar-refractivity contribution in [1.29, 1.82) is 0 Å². The Morgan fingerprint density at radius 3 is 2.30 bits per heavy atom. The van der Waals surface area contributed by atoms with E-state index in [-0.39, 0.29) is 36.6 Å². The molecule has 3 aliphatic rings. The monoisotopic (exact) mass is 415 g/mol. The Morgan fingerprint density at radius 1 is 0.900 bits per heavy atom. The number of carbonyl (C=O) groups excluding carboxylic acids is 3. The summed E-state index contributed by atoms with van der Waals surface area (Å²) in [4.78, 5) is 42.2. The molecule has 0 radical (unpaired) electrons. The average Bonchev–Trinajstić information content (AvgIpc) is 3.27. The molecule has 0 N–H and O–H groups in total. The second-order valence-corrected chi connectivity index (χ2v) is 8.04. The molecule has 8 nitrogen and oxygen atoms in total. The van der Waals surface area contributed by atoms with Gasteiger partial charge in [-0.3, -0.25) is 14.4 Å². The maximum Gasteiger partial charge on any atom is 0.223 e. The highest BCUT2D eigenvalue weighted by Gasteiger charge is 2.31. The van der Waals surface area contributed by atoms with Crippen LogP contribution in [0.25, 0.3) is 0 Å². The van der Waals surface area contributed by atoms with Crippen molar-refractivity contribution >= 4 is 17.7 Å². The van der Waals surface area contributed by atoms with Crippen molar-refractivity contribution in [2.45, 2.75) is 38.6 Å². The summed E-state index contributed by atoms with van der Waals surface area (Å²) in [6.07, 6.45) is 2.29. The fourth-order valence-electron chi connectivity index (χ4n) is 4.47. The number of fused-ring (bicyclic) bond motifs is 1. The summed E-state index contributed by atoms with van der Waals surface area (Å²) >= 11 is 0. The third-order valence-corrected chi connectivity index (χ3v) is 6.15. The van der Waals surface area contributed by atoms with Gasteiger partial charge in [0.15, 0.2) is 11.5 Å². The van der Waals surface area contributed by atoms with Crippen LogP contribution in [0, 0.1) is 0 Å². The molecule has 0 bridgehead atoms. The zero-order chi connectivity index (χ0) is 21.1. The van der Waals surface area contributed by atoms with Crippen molar-refractivity contribution in [3.63, 3.8) is 0 Å². The van der Waals surface area contributed by atoms with Gasteiger partial charge in [0.05, 0.1) is 6.04 Å². The van der Waals surface area contributed by atoms with Crippen LogP contribution in [0.5, 0.6) is 11.5 Å². The van der Waals surface area contributed by atoms with Gasteiger partial charge in [0.25, 0.3) is 0 Å². The molecule has 0 aromatic heterocycles. The Hall–Kier alpha value is -2.77. The number of piperazine rings is 1. The van der Waals surface area contributed by atoms with Crippen molar-refractivity contribution in [2.75, 3.05) is 45.9 Å². The summed E-state index contributed by atoms with van der Waals surface area (Å²) < 4.78 is 11.3. The van der Waals surface area contributed by atoms with Crippen LogP contribution in [0.3, 0.4) is 0 Å². The minimum Gasteiger partial charge on any atom is -0.486 e. The van der Waals surface area contributed by atoms with Crippen LogP contribution in [-0.2, 0) is 14.4 Å².